The molecule has 1 aromatic heterocycles. The summed E-state index contributed by atoms with van der Waals surface area (Å²) in [5, 5.41) is 12.6. The molecule has 4 heteroatoms. The molecule has 21 heavy (non-hydrogen) atoms. The number of anilines is 2. The minimum atomic E-state index is 0.173. The molecule has 0 spiro atoms. The standard InChI is InChI=1S/C17H18N4/c18-11-14-15(7-10-20-16(14)19)21-12-17(8-4-9-17)13-5-2-1-3-6-13/h1-3,5-7,10H,4,8-9,12H2,(H3,19,20,21). The zero-order chi connectivity index (χ0) is 14.7. The Kier molecular flexibility index (Phi) is 3.49. The quantitative estimate of drug-likeness (QED) is 0.901. The summed E-state index contributed by atoms with van der Waals surface area (Å²) in [7, 11) is 0. The van der Waals surface area contributed by atoms with Gasteiger partial charge in [0, 0.05) is 18.2 Å². The van der Waals surface area contributed by atoms with E-state index in [9.17, 15) is 5.26 Å². The summed E-state index contributed by atoms with van der Waals surface area (Å²) in [6.45, 7) is 0.815. The van der Waals surface area contributed by atoms with Gasteiger partial charge in [0.1, 0.15) is 17.5 Å². The number of hydrogen-bond acceptors (Lipinski definition) is 4. The Morgan fingerprint density at radius 2 is 2.00 bits per heavy atom. The average molecular weight is 278 g/mol. The van der Waals surface area contributed by atoms with Gasteiger partial charge >= 0.3 is 0 Å². The SMILES string of the molecule is N#Cc1c(NCC2(c3ccccc3)CCC2)ccnc1N. The van der Waals surface area contributed by atoms with Crippen molar-refractivity contribution in [1.29, 1.82) is 5.26 Å². The lowest BCUT2D eigenvalue weighted by molar-refractivity contribution is 0.260. The number of nitrogen functional groups attached to an aromatic ring is 1. The second-order valence-electron chi connectivity index (χ2n) is 5.58. The summed E-state index contributed by atoms with van der Waals surface area (Å²) < 4.78 is 0. The van der Waals surface area contributed by atoms with E-state index < -0.39 is 0 Å². The maximum atomic E-state index is 9.21. The lowest BCUT2D eigenvalue weighted by atomic mass is 9.64. The highest BCUT2D eigenvalue weighted by Crippen LogP contribution is 2.43. The van der Waals surface area contributed by atoms with E-state index in [4.69, 9.17) is 5.73 Å². The number of nitrogens with zero attached hydrogens (tertiary/aromatic N) is 2. The van der Waals surface area contributed by atoms with Crippen molar-refractivity contribution >= 4 is 11.5 Å². The summed E-state index contributed by atoms with van der Waals surface area (Å²) >= 11 is 0. The monoisotopic (exact) mass is 278 g/mol. The zero-order valence-corrected chi connectivity index (χ0v) is 11.8. The van der Waals surface area contributed by atoms with Crippen molar-refractivity contribution in [3.05, 3.63) is 53.7 Å². The summed E-state index contributed by atoms with van der Waals surface area (Å²) in [6.07, 6.45) is 5.23. The molecule has 0 atom stereocenters. The number of hydrogen-bond donors (Lipinski definition) is 2. The molecule has 3 rings (SSSR count). The first kappa shape index (κ1) is 13.4. The first-order valence-corrected chi connectivity index (χ1v) is 7.19. The Morgan fingerprint density at radius 1 is 1.24 bits per heavy atom. The molecule has 0 unspecified atom stereocenters. The number of pyridine rings is 1. The molecular weight excluding hydrogens is 260 g/mol. The van der Waals surface area contributed by atoms with Crippen molar-refractivity contribution in [1.82, 2.24) is 4.98 Å². The first-order valence-electron chi connectivity index (χ1n) is 7.19. The van der Waals surface area contributed by atoms with E-state index in [1.54, 1.807) is 6.20 Å². The Bertz CT molecular complexity index is 669. The fourth-order valence-corrected chi connectivity index (χ4v) is 2.97. The van der Waals surface area contributed by atoms with Crippen molar-refractivity contribution < 1.29 is 0 Å². The van der Waals surface area contributed by atoms with Gasteiger partial charge in [-0.1, -0.05) is 36.8 Å². The highest BCUT2D eigenvalue weighted by atomic mass is 14.9. The fourth-order valence-electron chi connectivity index (χ4n) is 2.97. The Hall–Kier alpha value is -2.54. The van der Waals surface area contributed by atoms with Gasteiger partial charge in [-0.15, -0.1) is 0 Å². The number of aromatic nitrogens is 1. The van der Waals surface area contributed by atoms with Crippen LogP contribution in [0.4, 0.5) is 11.5 Å². The van der Waals surface area contributed by atoms with Crippen LogP contribution in [0.2, 0.25) is 0 Å². The third-order valence-electron chi connectivity index (χ3n) is 4.41. The summed E-state index contributed by atoms with van der Waals surface area (Å²) in [5.74, 6) is 0.282. The molecule has 1 heterocycles. The minimum Gasteiger partial charge on any atom is -0.383 e. The second-order valence-corrected chi connectivity index (χ2v) is 5.58. The molecule has 2 aromatic rings. The van der Waals surface area contributed by atoms with Gasteiger partial charge in [0.05, 0.1) is 5.69 Å². The van der Waals surface area contributed by atoms with Crippen LogP contribution in [0, 0.1) is 11.3 Å². The summed E-state index contributed by atoms with van der Waals surface area (Å²) in [4.78, 5) is 3.96. The van der Waals surface area contributed by atoms with E-state index in [0.29, 0.717) is 5.56 Å². The molecule has 0 bridgehead atoms. The fraction of sp³-hybridized carbons (Fsp3) is 0.294. The molecule has 1 aliphatic rings. The summed E-state index contributed by atoms with van der Waals surface area (Å²) in [5.41, 5.74) is 8.49. The van der Waals surface area contributed by atoms with Gasteiger partial charge in [0.15, 0.2) is 0 Å². The van der Waals surface area contributed by atoms with E-state index >= 15 is 0 Å². The van der Waals surface area contributed by atoms with Gasteiger partial charge < -0.3 is 11.1 Å². The maximum absolute atomic E-state index is 9.21. The topological polar surface area (TPSA) is 74.7 Å². The molecule has 0 radical (unpaired) electrons. The molecular formula is C17H18N4. The maximum Gasteiger partial charge on any atom is 0.143 e. The first-order chi connectivity index (χ1) is 10.2. The Labute approximate surface area is 124 Å². The molecule has 106 valence electrons. The van der Waals surface area contributed by atoms with Gasteiger partial charge in [-0.2, -0.15) is 5.26 Å². The largest absolute Gasteiger partial charge is 0.383 e. The molecule has 1 aliphatic carbocycles. The van der Waals surface area contributed by atoms with E-state index in [0.717, 1.165) is 12.2 Å². The van der Waals surface area contributed by atoms with Crippen LogP contribution in [-0.2, 0) is 5.41 Å². The normalized spacial score (nSPS) is 15.8. The van der Waals surface area contributed by atoms with Gasteiger partial charge in [-0.25, -0.2) is 4.98 Å². The molecule has 0 aliphatic heterocycles. The van der Waals surface area contributed by atoms with Crippen molar-refractivity contribution in [2.75, 3.05) is 17.6 Å². The number of rotatable bonds is 4. The molecule has 0 saturated heterocycles. The van der Waals surface area contributed by atoms with E-state index in [2.05, 4.69) is 40.6 Å². The van der Waals surface area contributed by atoms with Crippen LogP contribution in [0.1, 0.15) is 30.4 Å². The molecule has 1 saturated carbocycles. The number of nitrogens with two attached hydrogens (primary N) is 1. The van der Waals surface area contributed by atoms with Crippen LogP contribution in [-0.4, -0.2) is 11.5 Å². The summed E-state index contributed by atoms with van der Waals surface area (Å²) in [6, 6.07) is 14.5. The van der Waals surface area contributed by atoms with E-state index in [-0.39, 0.29) is 11.2 Å². The predicted molar refractivity (Wildman–Crippen MR) is 83.8 cm³/mol. The van der Waals surface area contributed by atoms with Crippen LogP contribution < -0.4 is 11.1 Å². The van der Waals surface area contributed by atoms with Gasteiger partial charge in [0.2, 0.25) is 0 Å². The van der Waals surface area contributed by atoms with Crippen molar-refractivity contribution in [2.24, 2.45) is 0 Å². The van der Waals surface area contributed by atoms with Gasteiger partial charge in [-0.3, -0.25) is 0 Å². The molecule has 4 nitrogen and oxygen atoms in total. The highest BCUT2D eigenvalue weighted by molar-refractivity contribution is 5.66. The van der Waals surface area contributed by atoms with Crippen LogP contribution in [0.5, 0.6) is 0 Å². The zero-order valence-electron chi connectivity index (χ0n) is 11.8. The van der Waals surface area contributed by atoms with Crippen molar-refractivity contribution in [2.45, 2.75) is 24.7 Å². The lowest BCUT2D eigenvalue weighted by Gasteiger charge is -2.43. The van der Waals surface area contributed by atoms with Crippen LogP contribution in [0.15, 0.2) is 42.6 Å². The number of nitriles is 1. The molecule has 1 aromatic carbocycles. The van der Waals surface area contributed by atoms with E-state index in [1.807, 2.05) is 12.1 Å². The highest BCUT2D eigenvalue weighted by Gasteiger charge is 2.38. The Morgan fingerprint density at radius 3 is 2.62 bits per heavy atom. The Balaban J connectivity index is 1.81. The average Bonchev–Trinajstić information content (AvgIpc) is 2.47. The number of nitrogens with one attached hydrogen (secondary N) is 1. The third-order valence-corrected chi connectivity index (χ3v) is 4.41. The predicted octanol–water partition coefficient (Wildman–Crippen LogP) is 3.07. The van der Waals surface area contributed by atoms with Crippen LogP contribution in [0.25, 0.3) is 0 Å². The second kappa shape index (κ2) is 5.45. The third kappa shape index (κ3) is 2.43. The van der Waals surface area contributed by atoms with Gasteiger partial charge in [-0.05, 0) is 24.5 Å². The van der Waals surface area contributed by atoms with Crippen molar-refractivity contribution in [3.8, 4) is 6.07 Å². The van der Waals surface area contributed by atoms with Crippen molar-refractivity contribution in [3.63, 3.8) is 0 Å². The molecule has 0 amide bonds. The molecule has 1 fully saturated rings. The van der Waals surface area contributed by atoms with Crippen LogP contribution in [0.3, 0.4) is 0 Å². The van der Waals surface area contributed by atoms with E-state index in [1.165, 1.54) is 24.8 Å². The lowest BCUT2D eigenvalue weighted by Crippen LogP contribution is -2.41. The van der Waals surface area contributed by atoms with Crippen LogP contribution >= 0.6 is 0 Å². The number of benzene rings is 1. The minimum absolute atomic E-state index is 0.173. The molecule has 3 N–H and O–H groups in total. The smallest absolute Gasteiger partial charge is 0.143 e. The van der Waals surface area contributed by atoms with Gasteiger partial charge in [0.25, 0.3) is 0 Å².